The molecular weight excluding hydrogens is 216 g/mol. The van der Waals surface area contributed by atoms with E-state index in [0.717, 1.165) is 44.0 Å². The van der Waals surface area contributed by atoms with E-state index in [1.165, 1.54) is 0 Å². The minimum absolute atomic E-state index is 0.529. The fourth-order valence-electron chi connectivity index (χ4n) is 1.83. The van der Waals surface area contributed by atoms with Crippen molar-refractivity contribution in [2.45, 2.75) is 0 Å². The lowest BCUT2D eigenvalue weighted by molar-refractivity contribution is 0.501. The van der Waals surface area contributed by atoms with Gasteiger partial charge in [-0.1, -0.05) is 12.1 Å². The van der Waals surface area contributed by atoms with Crippen LogP contribution >= 0.6 is 0 Å². The average molecular weight is 229 g/mol. The molecule has 2 nitrogen and oxygen atoms in total. The van der Waals surface area contributed by atoms with Crippen molar-refractivity contribution in [2.75, 3.05) is 31.1 Å². The maximum Gasteiger partial charge on any atom is 0.509 e. The molecule has 0 saturated carbocycles. The summed E-state index contributed by atoms with van der Waals surface area (Å²) in [6, 6.07) is 5.43. The predicted octanol–water partition coefficient (Wildman–Crippen LogP) is 1.15. The molecule has 0 aromatic heterocycles. The van der Waals surface area contributed by atoms with Crippen LogP contribution in [0.25, 0.3) is 0 Å². The van der Waals surface area contributed by atoms with Crippen LogP contribution in [-0.2, 0) is 0 Å². The molecule has 0 aliphatic carbocycles. The van der Waals surface area contributed by atoms with Crippen LogP contribution < -0.4 is 15.7 Å². The number of hydrogen-bond acceptors (Lipinski definition) is 2. The van der Waals surface area contributed by atoms with Gasteiger partial charge in [0.05, 0.1) is 0 Å². The van der Waals surface area contributed by atoms with Crippen LogP contribution in [0, 0.1) is 0 Å². The monoisotopic (exact) mass is 229 g/mol. The Morgan fingerprint density at radius 1 is 1.00 bits per heavy atom. The molecule has 1 saturated heterocycles. The minimum Gasteiger partial charge on any atom is -0.445 e. The highest BCUT2D eigenvalue weighted by Gasteiger charge is 2.25. The Kier molecular flexibility index (Phi) is 3.09. The van der Waals surface area contributed by atoms with E-state index in [2.05, 4.69) is 10.2 Å². The molecular formula is C10H13BF3N2-. The van der Waals surface area contributed by atoms with Crippen LogP contribution in [0.5, 0.6) is 0 Å². The summed E-state index contributed by atoms with van der Waals surface area (Å²) in [7, 11) is 0. The minimum atomic E-state index is -4.87. The molecule has 1 heterocycles. The molecule has 0 bridgehead atoms. The standard InChI is InChI=1S/C10H13BF3N2/c12-11(13,14)9-1-3-10(4-2-9)16-7-5-15-6-8-16/h1-4,15H,5-8H2/q-1. The fraction of sp³-hybridized carbons (Fsp3) is 0.400. The molecule has 0 amide bonds. The van der Waals surface area contributed by atoms with Crippen molar-refractivity contribution in [2.24, 2.45) is 0 Å². The maximum absolute atomic E-state index is 12.4. The summed E-state index contributed by atoms with van der Waals surface area (Å²) >= 11 is 0. The zero-order valence-electron chi connectivity index (χ0n) is 8.80. The Morgan fingerprint density at radius 3 is 2.06 bits per heavy atom. The lowest BCUT2D eigenvalue weighted by atomic mass is 9.80. The number of anilines is 1. The van der Waals surface area contributed by atoms with Gasteiger partial charge in [-0.05, 0) is 12.1 Å². The van der Waals surface area contributed by atoms with Crippen molar-refractivity contribution >= 4 is 18.1 Å². The van der Waals surface area contributed by atoms with Crippen LogP contribution in [0.1, 0.15) is 0 Å². The van der Waals surface area contributed by atoms with Gasteiger partial charge in [-0.3, -0.25) is 0 Å². The van der Waals surface area contributed by atoms with Crippen LogP contribution in [0.15, 0.2) is 24.3 Å². The predicted molar refractivity (Wildman–Crippen MR) is 60.2 cm³/mol. The quantitative estimate of drug-likeness (QED) is 0.765. The molecule has 1 N–H and O–H groups in total. The summed E-state index contributed by atoms with van der Waals surface area (Å²) < 4.78 is 37.2. The topological polar surface area (TPSA) is 15.3 Å². The average Bonchev–Trinajstić information content (AvgIpc) is 2.29. The van der Waals surface area contributed by atoms with Crippen LogP contribution in [0.2, 0.25) is 0 Å². The Morgan fingerprint density at radius 2 is 1.56 bits per heavy atom. The first-order valence-corrected chi connectivity index (χ1v) is 5.33. The van der Waals surface area contributed by atoms with Crippen LogP contribution in [0.4, 0.5) is 18.6 Å². The summed E-state index contributed by atoms with van der Waals surface area (Å²) in [5.74, 6) is 0. The molecule has 1 aliphatic rings. The Bertz CT molecular complexity index is 344. The van der Waals surface area contributed by atoms with Gasteiger partial charge in [-0.25, -0.2) is 0 Å². The molecule has 1 aromatic carbocycles. The summed E-state index contributed by atoms with van der Waals surface area (Å²) in [6.45, 7) is -1.43. The highest BCUT2D eigenvalue weighted by Crippen LogP contribution is 2.15. The van der Waals surface area contributed by atoms with E-state index in [1.54, 1.807) is 12.1 Å². The molecule has 16 heavy (non-hydrogen) atoms. The van der Waals surface area contributed by atoms with Gasteiger partial charge < -0.3 is 23.2 Å². The molecule has 0 atom stereocenters. The first-order valence-electron chi connectivity index (χ1n) is 5.33. The van der Waals surface area contributed by atoms with Gasteiger partial charge in [0.15, 0.2) is 0 Å². The lowest BCUT2D eigenvalue weighted by Gasteiger charge is -2.30. The lowest BCUT2D eigenvalue weighted by Crippen LogP contribution is -2.43. The van der Waals surface area contributed by atoms with E-state index >= 15 is 0 Å². The molecule has 0 unspecified atom stereocenters. The first-order chi connectivity index (χ1) is 7.57. The summed E-state index contributed by atoms with van der Waals surface area (Å²) in [5, 5.41) is 3.20. The van der Waals surface area contributed by atoms with E-state index in [4.69, 9.17) is 0 Å². The van der Waals surface area contributed by atoms with Crippen molar-refractivity contribution < 1.29 is 12.9 Å². The third-order valence-corrected chi connectivity index (χ3v) is 2.75. The molecule has 2 rings (SSSR count). The van der Waals surface area contributed by atoms with E-state index in [1.807, 2.05) is 0 Å². The van der Waals surface area contributed by atoms with E-state index < -0.39 is 12.4 Å². The van der Waals surface area contributed by atoms with Gasteiger partial charge in [0.1, 0.15) is 0 Å². The third-order valence-electron chi connectivity index (χ3n) is 2.75. The first kappa shape index (κ1) is 11.3. The Balaban J connectivity index is 2.12. The van der Waals surface area contributed by atoms with E-state index in [9.17, 15) is 12.9 Å². The summed E-state index contributed by atoms with van der Waals surface area (Å²) in [5.41, 5.74) is 0.337. The Hall–Kier alpha value is -1.17. The number of hydrogen-bond donors (Lipinski definition) is 1. The van der Waals surface area contributed by atoms with Crippen molar-refractivity contribution in [3.8, 4) is 0 Å². The van der Waals surface area contributed by atoms with E-state index in [-0.39, 0.29) is 0 Å². The van der Waals surface area contributed by atoms with Gasteiger partial charge in [0, 0.05) is 31.9 Å². The van der Waals surface area contributed by atoms with Crippen LogP contribution in [0.3, 0.4) is 0 Å². The second kappa shape index (κ2) is 4.37. The van der Waals surface area contributed by atoms with Gasteiger partial charge in [0.25, 0.3) is 0 Å². The molecule has 88 valence electrons. The van der Waals surface area contributed by atoms with Gasteiger partial charge in [0.2, 0.25) is 0 Å². The molecule has 1 aliphatic heterocycles. The number of benzene rings is 1. The van der Waals surface area contributed by atoms with Gasteiger partial charge >= 0.3 is 6.98 Å². The molecule has 1 fully saturated rings. The summed E-state index contributed by atoms with van der Waals surface area (Å²) in [6.07, 6.45) is 0. The normalized spacial score (nSPS) is 17.6. The number of halogens is 3. The molecule has 0 radical (unpaired) electrons. The molecule has 0 spiro atoms. The molecule has 1 aromatic rings. The number of piperazine rings is 1. The van der Waals surface area contributed by atoms with Crippen molar-refractivity contribution in [3.63, 3.8) is 0 Å². The van der Waals surface area contributed by atoms with Gasteiger partial charge in [-0.15, -0.1) is 5.46 Å². The van der Waals surface area contributed by atoms with Gasteiger partial charge in [-0.2, -0.15) is 0 Å². The number of rotatable bonds is 2. The van der Waals surface area contributed by atoms with Crippen molar-refractivity contribution in [1.82, 2.24) is 5.32 Å². The molecule has 6 heteroatoms. The van der Waals surface area contributed by atoms with E-state index in [0.29, 0.717) is 0 Å². The highest BCUT2D eigenvalue weighted by atomic mass is 19.4. The largest absolute Gasteiger partial charge is 0.509 e. The number of nitrogens with zero attached hydrogens (tertiary/aromatic N) is 1. The highest BCUT2D eigenvalue weighted by molar-refractivity contribution is 6.73. The van der Waals surface area contributed by atoms with Crippen molar-refractivity contribution in [1.29, 1.82) is 0 Å². The second-order valence-corrected chi connectivity index (χ2v) is 3.90. The smallest absolute Gasteiger partial charge is 0.445 e. The summed E-state index contributed by atoms with van der Waals surface area (Å²) in [4.78, 5) is 2.09. The SMILES string of the molecule is F[B-](F)(F)c1ccc(N2CCNCC2)cc1. The fourth-order valence-corrected chi connectivity index (χ4v) is 1.83. The third kappa shape index (κ3) is 2.50. The Labute approximate surface area is 92.5 Å². The number of nitrogens with one attached hydrogen (secondary N) is 1. The maximum atomic E-state index is 12.4. The van der Waals surface area contributed by atoms with Crippen molar-refractivity contribution in [3.05, 3.63) is 24.3 Å². The zero-order chi connectivity index (χ0) is 11.6. The second-order valence-electron chi connectivity index (χ2n) is 3.90. The zero-order valence-corrected chi connectivity index (χ0v) is 8.80. The van der Waals surface area contributed by atoms with Crippen LogP contribution in [-0.4, -0.2) is 33.2 Å².